The summed E-state index contributed by atoms with van der Waals surface area (Å²) in [5.74, 6) is -0.304. The zero-order chi connectivity index (χ0) is 15.3. The van der Waals surface area contributed by atoms with Crippen LogP contribution in [-0.2, 0) is 4.79 Å². The van der Waals surface area contributed by atoms with E-state index in [4.69, 9.17) is 10.5 Å². The predicted molar refractivity (Wildman–Crippen MR) is 77.8 cm³/mol. The van der Waals surface area contributed by atoms with Crippen LogP contribution in [0.2, 0.25) is 0 Å². The number of methoxy groups -OCH3 is 1. The average Bonchev–Trinajstić information content (AvgIpc) is 2.45. The van der Waals surface area contributed by atoms with Crippen LogP contribution in [0.25, 0.3) is 0 Å². The second kappa shape index (κ2) is 6.91. The molecule has 0 aromatic heterocycles. The Bertz CT molecular complexity index is 500. The van der Waals surface area contributed by atoms with Crippen molar-refractivity contribution in [3.63, 3.8) is 0 Å². The fourth-order valence-corrected chi connectivity index (χ4v) is 1.58. The molecular weight excluding hydrogens is 258 g/mol. The van der Waals surface area contributed by atoms with E-state index in [9.17, 15) is 9.59 Å². The predicted octanol–water partition coefficient (Wildman–Crippen LogP) is 0.977. The van der Waals surface area contributed by atoms with Gasteiger partial charge in [-0.15, -0.1) is 0 Å². The number of carbonyl (C=O) groups excluding carboxylic acids is 2. The summed E-state index contributed by atoms with van der Waals surface area (Å²) in [6, 6.07) is 4.57. The normalized spacial score (nSPS) is 13.2. The van der Waals surface area contributed by atoms with E-state index in [0.29, 0.717) is 17.0 Å². The third kappa shape index (κ3) is 3.71. The van der Waals surface area contributed by atoms with Crippen LogP contribution in [-0.4, -0.2) is 32.0 Å². The van der Waals surface area contributed by atoms with Crippen LogP contribution in [0.15, 0.2) is 18.2 Å². The first-order valence-electron chi connectivity index (χ1n) is 6.37. The molecule has 2 amide bonds. The van der Waals surface area contributed by atoms with Crippen LogP contribution < -0.4 is 21.1 Å². The molecule has 0 heterocycles. The molecule has 0 saturated carbocycles. The van der Waals surface area contributed by atoms with Gasteiger partial charge in [0.15, 0.2) is 0 Å². The van der Waals surface area contributed by atoms with Crippen molar-refractivity contribution in [2.45, 2.75) is 19.9 Å². The van der Waals surface area contributed by atoms with Crippen LogP contribution in [0.1, 0.15) is 24.2 Å². The smallest absolute Gasteiger partial charge is 0.251 e. The Hall–Kier alpha value is -2.08. The lowest BCUT2D eigenvalue weighted by molar-refractivity contribution is -0.119. The van der Waals surface area contributed by atoms with E-state index in [1.807, 2.05) is 0 Å². The quantitative estimate of drug-likeness (QED) is 0.749. The standard InChI is InChI=1S/C14H21N3O3/c1-8(9(2)15)13(18)17-11-7-10(14(19)16-3)5-6-12(11)20-4/h5-9H,15H2,1-4H3,(H,16,19)(H,17,18). The fourth-order valence-electron chi connectivity index (χ4n) is 1.58. The number of carbonyl (C=O) groups is 2. The van der Waals surface area contributed by atoms with E-state index in [1.54, 1.807) is 39.1 Å². The number of nitrogens with two attached hydrogens (primary N) is 1. The third-order valence-corrected chi connectivity index (χ3v) is 3.15. The Morgan fingerprint density at radius 3 is 2.45 bits per heavy atom. The molecule has 0 radical (unpaired) electrons. The summed E-state index contributed by atoms with van der Waals surface area (Å²) in [5.41, 5.74) is 6.60. The maximum atomic E-state index is 12.0. The molecule has 0 saturated heterocycles. The van der Waals surface area contributed by atoms with Crippen molar-refractivity contribution < 1.29 is 14.3 Å². The number of amides is 2. The molecule has 0 fully saturated rings. The van der Waals surface area contributed by atoms with Crippen molar-refractivity contribution in [2.24, 2.45) is 11.7 Å². The van der Waals surface area contributed by atoms with E-state index < -0.39 is 0 Å². The Morgan fingerprint density at radius 2 is 1.95 bits per heavy atom. The van der Waals surface area contributed by atoms with Gasteiger partial charge in [-0.25, -0.2) is 0 Å². The molecular formula is C14H21N3O3. The Labute approximate surface area is 118 Å². The highest BCUT2D eigenvalue weighted by Crippen LogP contribution is 2.26. The molecule has 2 atom stereocenters. The van der Waals surface area contributed by atoms with E-state index in [-0.39, 0.29) is 23.8 Å². The lowest BCUT2D eigenvalue weighted by atomic mass is 10.0. The molecule has 6 nitrogen and oxygen atoms in total. The number of rotatable bonds is 5. The van der Waals surface area contributed by atoms with Crippen LogP contribution >= 0.6 is 0 Å². The van der Waals surface area contributed by atoms with Crippen molar-refractivity contribution in [2.75, 3.05) is 19.5 Å². The maximum Gasteiger partial charge on any atom is 0.251 e. The molecule has 1 rings (SSSR count). The van der Waals surface area contributed by atoms with E-state index >= 15 is 0 Å². The first-order chi connectivity index (χ1) is 9.40. The minimum Gasteiger partial charge on any atom is -0.495 e. The van der Waals surface area contributed by atoms with Crippen molar-refractivity contribution in [1.29, 1.82) is 0 Å². The summed E-state index contributed by atoms with van der Waals surface area (Å²) in [6.07, 6.45) is 0. The van der Waals surface area contributed by atoms with Crippen molar-refractivity contribution in [3.8, 4) is 5.75 Å². The molecule has 0 bridgehead atoms. The van der Waals surface area contributed by atoms with Gasteiger partial charge in [0, 0.05) is 18.7 Å². The summed E-state index contributed by atoms with van der Waals surface area (Å²) >= 11 is 0. The zero-order valence-corrected chi connectivity index (χ0v) is 12.2. The summed E-state index contributed by atoms with van der Waals surface area (Å²) in [5, 5.41) is 5.27. The van der Waals surface area contributed by atoms with Crippen molar-refractivity contribution in [3.05, 3.63) is 23.8 Å². The lowest BCUT2D eigenvalue weighted by Crippen LogP contribution is -2.34. The first kappa shape index (κ1) is 16.0. The zero-order valence-electron chi connectivity index (χ0n) is 12.2. The molecule has 1 aromatic rings. The highest BCUT2D eigenvalue weighted by atomic mass is 16.5. The summed E-state index contributed by atoms with van der Waals surface area (Å²) < 4.78 is 5.18. The van der Waals surface area contributed by atoms with Gasteiger partial charge in [0.25, 0.3) is 5.91 Å². The number of benzene rings is 1. The van der Waals surface area contributed by atoms with Gasteiger partial charge in [0.05, 0.1) is 18.7 Å². The van der Waals surface area contributed by atoms with Gasteiger partial charge < -0.3 is 21.1 Å². The van der Waals surface area contributed by atoms with Crippen molar-refractivity contribution in [1.82, 2.24) is 5.32 Å². The highest BCUT2D eigenvalue weighted by molar-refractivity contribution is 5.98. The second-order valence-corrected chi connectivity index (χ2v) is 4.63. The lowest BCUT2D eigenvalue weighted by Gasteiger charge is -2.17. The largest absolute Gasteiger partial charge is 0.495 e. The second-order valence-electron chi connectivity index (χ2n) is 4.63. The monoisotopic (exact) mass is 279 g/mol. The molecule has 4 N–H and O–H groups in total. The van der Waals surface area contributed by atoms with Crippen LogP contribution in [0.3, 0.4) is 0 Å². The Balaban J connectivity index is 3.03. The molecule has 110 valence electrons. The SMILES string of the molecule is CNC(=O)c1ccc(OC)c(NC(=O)C(C)C(C)N)c1. The van der Waals surface area contributed by atoms with Gasteiger partial charge in [0.2, 0.25) is 5.91 Å². The Kier molecular flexibility index (Phi) is 5.52. The summed E-state index contributed by atoms with van der Waals surface area (Å²) in [7, 11) is 3.04. The molecule has 0 aliphatic carbocycles. The van der Waals surface area contributed by atoms with Gasteiger partial charge >= 0.3 is 0 Å². The highest BCUT2D eigenvalue weighted by Gasteiger charge is 2.19. The van der Waals surface area contributed by atoms with E-state index in [2.05, 4.69) is 10.6 Å². The van der Waals surface area contributed by atoms with Crippen LogP contribution in [0.5, 0.6) is 5.75 Å². The minimum atomic E-state index is -0.344. The average molecular weight is 279 g/mol. The molecule has 0 aliphatic heterocycles. The maximum absolute atomic E-state index is 12.0. The molecule has 1 aromatic carbocycles. The van der Waals surface area contributed by atoms with Crippen LogP contribution in [0.4, 0.5) is 5.69 Å². The Morgan fingerprint density at radius 1 is 1.30 bits per heavy atom. The fraction of sp³-hybridized carbons (Fsp3) is 0.429. The van der Waals surface area contributed by atoms with E-state index in [0.717, 1.165) is 0 Å². The number of nitrogens with one attached hydrogen (secondary N) is 2. The minimum absolute atomic E-state index is 0.215. The van der Waals surface area contributed by atoms with Gasteiger partial charge in [-0.05, 0) is 25.1 Å². The van der Waals surface area contributed by atoms with Gasteiger partial charge in [-0.2, -0.15) is 0 Å². The third-order valence-electron chi connectivity index (χ3n) is 3.15. The van der Waals surface area contributed by atoms with Gasteiger partial charge in [-0.1, -0.05) is 6.92 Å². The van der Waals surface area contributed by atoms with Crippen molar-refractivity contribution >= 4 is 17.5 Å². The first-order valence-corrected chi connectivity index (χ1v) is 6.37. The number of hydrogen-bond acceptors (Lipinski definition) is 4. The summed E-state index contributed by atoms with van der Waals surface area (Å²) in [4.78, 5) is 23.6. The summed E-state index contributed by atoms with van der Waals surface area (Å²) in [6.45, 7) is 3.51. The van der Waals surface area contributed by atoms with Crippen LogP contribution in [0, 0.1) is 5.92 Å². The number of anilines is 1. The van der Waals surface area contributed by atoms with Gasteiger partial charge in [-0.3, -0.25) is 9.59 Å². The molecule has 6 heteroatoms. The molecule has 2 unspecified atom stereocenters. The molecule has 0 aliphatic rings. The number of hydrogen-bond donors (Lipinski definition) is 3. The molecule has 0 spiro atoms. The van der Waals surface area contributed by atoms with Gasteiger partial charge in [0.1, 0.15) is 5.75 Å². The number of ether oxygens (including phenoxy) is 1. The molecule has 20 heavy (non-hydrogen) atoms. The topological polar surface area (TPSA) is 93.5 Å². The van der Waals surface area contributed by atoms with E-state index in [1.165, 1.54) is 7.11 Å².